The van der Waals surface area contributed by atoms with Crippen LogP contribution in [0.5, 0.6) is 0 Å². The Morgan fingerprint density at radius 1 is 1.57 bits per heavy atom. The van der Waals surface area contributed by atoms with Crippen LogP contribution in [0.3, 0.4) is 0 Å². The first-order chi connectivity index (χ1) is 6.63. The minimum absolute atomic E-state index is 0.661. The average Bonchev–Trinajstić information content (AvgIpc) is 2.45. The summed E-state index contributed by atoms with van der Waals surface area (Å²) < 4.78 is 1.85. The molecule has 1 rings (SSSR count). The summed E-state index contributed by atoms with van der Waals surface area (Å²) >= 11 is 0. The third-order valence-corrected chi connectivity index (χ3v) is 2.06. The van der Waals surface area contributed by atoms with E-state index in [9.17, 15) is 0 Å². The van der Waals surface area contributed by atoms with Crippen molar-refractivity contribution in [1.82, 2.24) is 9.88 Å². The Kier molecular flexibility index (Phi) is 3.73. The van der Waals surface area contributed by atoms with Crippen molar-refractivity contribution < 1.29 is 0 Å². The summed E-state index contributed by atoms with van der Waals surface area (Å²) in [6.07, 6.45) is 1.99. The number of nitrogens with one attached hydrogen (secondary N) is 1. The first-order valence-electron chi connectivity index (χ1n) is 4.89. The van der Waals surface area contributed by atoms with Gasteiger partial charge in [-0.05, 0) is 24.1 Å². The number of hydrogen-bond donors (Lipinski definition) is 1. The molecule has 1 aromatic rings. The zero-order valence-electron chi connectivity index (χ0n) is 9.04. The number of hydrogen-bond acceptors (Lipinski definition) is 2. The predicted octanol–water partition coefficient (Wildman–Crippen LogP) is 1.64. The van der Waals surface area contributed by atoms with Crippen LogP contribution in [0.15, 0.2) is 12.3 Å². The zero-order chi connectivity index (χ0) is 10.6. The predicted molar refractivity (Wildman–Crippen MR) is 56.7 cm³/mol. The second-order valence-corrected chi connectivity index (χ2v) is 3.98. The van der Waals surface area contributed by atoms with Crippen molar-refractivity contribution in [3.05, 3.63) is 23.5 Å². The maximum atomic E-state index is 8.75. The molecule has 0 atom stereocenters. The first-order valence-corrected chi connectivity index (χ1v) is 4.89. The fourth-order valence-electron chi connectivity index (χ4n) is 1.35. The van der Waals surface area contributed by atoms with Crippen LogP contribution in [0.4, 0.5) is 0 Å². The highest BCUT2D eigenvalue weighted by molar-refractivity contribution is 5.28. The van der Waals surface area contributed by atoms with E-state index in [0.29, 0.717) is 11.6 Å². The van der Waals surface area contributed by atoms with Gasteiger partial charge in [0.15, 0.2) is 0 Å². The van der Waals surface area contributed by atoms with E-state index in [-0.39, 0.29) is 0 Å². The van der Waals surface area contributed by atoms with Crippen LogP contribution in [-0.2, 0) is 13.6 Å². The molecule has 0 aromatic carbocycles. The molecule has 14 heavy (non-hydrogen) atoms. The molecule has 0 saturated carbocycles. The maximum absolute atomic E-state index is 8.75. The summed E-state index contributed by atoms with van der Waals surface area (Å²) in [6.45, 7) is 6.21. The van der Waals surface area contributed by atoms with Crippen molar-refractivity contribution in [3.63, 3.8) is 0 Å². The molecule has 1 heterocycles. The molecule has 0 amide bonds. The Morgan fingerprint density at radius 3 is 2.79 bits per heavy atom. The van der Waals surface area contributed by atoms with E-state index in [1.807, 2.05) is 23.9 Å². The fraction of sp³-hybridized carbons (Fsp3) is 0.545. The van der Waals surface area contributed by atoms with Gasteiger partial charge < -0.3 is 9.88 Å². The topological polar surface area (TPSA) is 40.8 Å². The smallest absolute Gasteiger partial charge is 0.120 e. The van der Waals surface area contributed by atoms with Gasteiger partial charge in [0, 0.05) is 19.8 Å². The Bertz CT molecular complexity index is 331. The van der Waals surface area contributed by atoms with Gasteiger partial charge in [0.1, 0.15) is 11.8 Å². The maximum Gasteiger partial charge on any atom is 0.120 e. The third-order valence-electron chi connectivity index (χ3n) is 2.06. The van der Waals surface area contributed by atoms with Crippen molar-refractivity contribution in [1.29, 1.82) is 5.26 Å². The molecular weight excluding hydrogens is 174 g/mol. The normalized spacial score (nSPS) is 10.5. The Hall–Kier alpha value is -1.27. The number of aromatic nitrogens is 1. The van der Waals surface area contributed by atoms with E-state index in [0.717, 1.165) is 13.1 Å². The highest BCUT2D eigenvalue weighted by Gasteiger charge is 2.01. The second-order valence-electron chi connectivity index (χ2n) is 3.98. The molecule has 0 aliphatic carbocycles. The summed E-state index contributed by atoms with van der Waals surface area (Å²) in [5.74, 6) is 0.661. The Labute approximate surface area is 85.3 Å². The molecule has 0 unspecified atom stereocenters. The molecule has 3 heteroatoms. The van der Waals surface area contributed by atoms with Gasteiger partial charge in [-0.2, -0.15) is 5.26 Å². The van der Waals surface area contributed by atoms with Crippen LogP contribution in [0.2, 0.25) is 0 Å². The second kappa shape index (κ2) is 4.83. The largest absolute Gasteiger partial charge is 0.342 e. The molecule has 3 nitrogen and oxygen atoms in total. The SMILES string of the molecule is CC(C)CNCc1cc(C#N)n(C)c1. The van der Waals surface area contributed by atoms with E-state index in [2.05, 4.69) is 25.2 Å². The molecule has 0 bridgehead atoms. The van der Waals surface area contributed by atoms with Crippen molar-refractivity contribution in [2.45, 2.75) is 20.4 Å². The van der Waals surface area contributed by atoms with Crippen LogP contribution in [0, 0.1) is 17.2 Å². The number of rotatable bonds is 4. The zero-order valence-corrected chi connectivity index (χ0v) is 9.04. The van der Waals surface area contributed by atoms with Gasteiger partial charge in [0.2, 0.25) is 0 Å². The van der Waals surface area contributed by atoms with Gasteiger partial charge in [0.25, 0.3) is 0 Å². The summed E-state index contributed by atoms with van der Waals surface area (Å²) in [6, 6.07) is 4.07. The van der Waals surface area contributed by atoms with Crippen LogP contribution < -0.4 is 5.32 Å². The lowest BCUT2D eigenvalue weighted by Crippen LogP contribution is -2.18. The third kappa shape index (κ3) is 2.90. The minimum Gasteiger partial charge on any atom is -0.342 e. The summed E-state index contributed by atoms with van der Waals surface area (Å²) in [5.41, 5.74) is 1.89. The van der Waals surface area contributed by atoms with Crippen LogP contribution in [0.25, 0.3) is 0 Å². The molecule has 0 radical (unpaired) electrons. The van der Waals surface area contributed by atoms with Crippen LogP contribution in [0.1, 0.15) is 25.1 Å². The summed E-state index contributed by atoms with van der Waals surface area (Å²) in [4.78, 5) is 0. The van der Waals surface area contributed by atoms with Crippen LogP contribution in [-0.4, -0.2) is 11.1 Å². The standard InChI is InChI=1S/C11H17N3/c1-9(2)6-13-7-10-4-11(5-12)14(3)8-10/h4,8-9,13H,6-7H2,1-3H3. The van der Waals surface area contributed by atoms with Gasteiger partial charge in [0.05, 0.1) is 0 Å². The van der Waals surface area contributed by atoms with E-state index in [4.69, 9.17) is 5.26 Å². The molecule has 0 aliphatic rings. The minimum atomic E-state index is 0.661. The van der Waals surface area contributed by atoms with Crippen LogP contribution >= 0.6 is 0 Å². The van der Waals surface area contributed by atoms with E-state index in [1.54, 1.807) is 0 Å². The van der Waals surface area contributed by atoms with Gasteiger partial charge in [-0.25, -0.2) is 0 Å². The van der Waals surface area contributed by atoms with Crippen molar-refractivity contribution in [3.8, 4) is 6.07 Å². The molecule has 0 spiro atoms. The highest BCUT2D eigenvalue weighted by Crippen LogP contribution is 2.05. The Morgan fingerprint density at radius 2 is 2.29 bits per heavy atom. The summed E-state index contributed by atoms with van der Waals surface area (Å²) in [5, 5.41) is 12.1. The molecule has 0 saturated heterocycles. The van der Waals surface area contributed by atoms with Gasteiger partial charge >= 0.3 is 0 Å². The average molecular weight is 191 g/mol. The van der Waals surface area contributed by atoms with Gasteiger partial charge in [-0.15, -0.1) is 0 Å². The molecule has 1 aromatic heterocycles. The fourth-order valence-corrected chi connectivity index (χ4v) is 1.35. The molecule has 1 N–H and O–H groups in total. The lowest BCUT2D eigenvalue weighted by molar-refractivity contribution is 0.552. The van der Waals surface area contributed by atoms with Crippen molar-refractivity contribution >= 4 is 0 Å². The number of nitrogens with zero attached hydrogens (tertiary/aromatic N) is 2. The summed E-state index contributed by atoms with van der Waals surface area (Å²) in [7, 11) is 1.89. The monoisotopic (exact) mass is 191 g/mol. The molecule has 0 aliphatic heterocycles. The van der Waals surface area contributed by atoms with Gasteiger partial charge in [-0.1, -0.05) is 13.8 Å². The van der Waals surface area contributed by atoms with E-state index < -0.39 is 0 Å². The molecular formula is C11H17N3. The quantitative estimate of drug-likeness (QED) is 0.786. The first kappa shape index (κ1) is 10.8. The Balaban J connectivity index is 2.48. The van der Waals surface area contributed by atoms with Gasteiger partial charge in [-0.3, -0.25) is 0 Å². The molecule has 76 valence electrons. The highest BCUT2D eigenvalue weighted by atomic mass is 14.9. The van der Waals surface area contributed by atoms with E-state index in [1.165, 1.54) is 5.56 Å². The van der Waals surface area contributed by atoms with Crippen molar-refractivity contribution in [2.24, 2.45) is 13.0 Å². The number of nitriles is 1. The van der Waals surface area contributed by atoms with Crippen molar-refractivity contribution in [2.75, 3.05) is 6.54 Å². The lowest BCUT2D eigenvalue weighted by atomic mass is 10.2. The van der Waals surface area contributed by atoms with E-state index >= 15 is 0 Å². The molecule has 0 fully saturated rings. The number of aryl methyl sites for hydroxylation is 1. The lowest BCUT2D eigenvalue weighted by Gasteiger charge is -2.05.